The lowest BCUT2D eigenvalue weighted by molar-refractivity contribution is 0.284. The first-order valence-corrected chi connectivity index (χ1v) is 9.07. The highest BCUT2D eigenvalue weighted by atomic mass is 15.5. The Kier molecular flexibility index (Phi) is 3.36. The van der Waals surface area contributed by atoms with E-state index in [9.17, 15) is 0 Å². The van der Waals surface area contributed by atoms with Gasteiger partial charge in [0.15, 0.2) is 5.82 Å². The predicted molar refractivity (Wildman–Crippen MR) is 95.9 cm³/mol. The van der Waals surface area contributed by atoms with E-state index in [1.807, 2.05) is 23.1 Å². The Morgan fingerprint density at radius 2 is 2.12 bits per heavy atom. The molecule has 3 heterocycles. The minimum absolute atomic E-state index is 0.417. The highest BCUT2D eigenvalue weighted by Gasteiger charge is 2.28. The van der Waals surface area contributed by atoms with Gasteiger partial charge in [-0.15, -0.1) is 5.10 Å². The fraction of sp³-hybridized carbons (Fsp3) is 0.529. The Labute approximate surface area is 145 Å². The van der Waals surface area contributed by atoms with Crippen LogP contribution in [0.15, 0.2) is 18.5 Å². The van der Waals surface area contributed by atoms with Crippen LogP contribution in [-0.4, -0.2) is 36.0 Å². The number of hydrogen-bond donors (Lipinski definition) is 3. The summed E-state index contributed by atoms with van der Waals surface area (Å²) in [5, 5.41) is 16.2. The zero-order chi connectivity index (χ0) is 16.8. The molecule has 3 aromatic rings. The third-order valence-corrected chi connectivity index (χ3v) is 5.31. The molecular formula is C17H22N8. The molecule has 130 valence electrons. The van der Waals surface area contributed by atoms with Crippen molar-refractivity contribution in [3.63, 3.8) is 0 Å². The zero-order valence-electron chi connectivity index (χ0n) is 14.2. The van der Waals surface area contributed by atoms with Gasteiger partial charge in [-0.1, -0.05) is 5.21 Å². The summed E-state index contributed by atoms with van der Waals surface area (Å²) >= 11 is 0. The summed E-state index contributed by atoms with van der Waals surface area (Å²) in [5.41, 5.74) is 0.814. The lowest BCUT2D eigenvalue weighted by Gasteiger charge is -2.24. The van der Waals surface area contributed by atoms with E-state index >= 15 is 0 Å². The van der Waals surface area contributed by atoms with E-state index in [0.29, 0.717) is 23.8 Å². The lowest BCUT2D eigenvalue weighted by atomic mass is 9.93. The van der Waals surface area contributed by atoms with Crippen LogP contribution >= 0.6 is 0 Å². The molecule has 0 amide bonds. The summed E-state index contributed by atoms with van der Waals surface area (Å²) in [6.07, 6.45) is 10.1. The van der Waals surface area contributed by atoms with Crippen LogP contribution in [0.5, 0.6) is 0 Å². The molecule has 0 saturated heterocycles. The van der Waals surface area contributed by atoms with Gasteiger partial charge in [0.05, 0.1) is 17.6 Å². The second kappa shape index (κ2) is 5.72. The molecule has 8 nitrogen and oxygen atoms in total. The van der Waals surface area contributed by atoms with Crippen molar-refractivity contribution in [2.75, 3.05) is 10.6 Å². The van der Waals surface area contributed by atoms with Gasteiger partial charge < -0.3 is 15.6 Å². The average molecular weight is 338 g/mol. The average Bonchev–Trinajstić information content (AvgIpc) is 3.13. The van der Waals surface area contributed by atoms with Crippen molar-refractivity contribution in [2.45, 2.75) is 51.1 Å². The van der Waals surface area contributed by atoms with Crippen LogP contribution in [0, 0.1) is 5.92 Å². The Bertz CT molecular complexity index is 889. The fourth-order valence-electron chi connectivity index (χ4n) is 3.32. The number of rotatable bonds is 6. The second-order valence-corrected chi connectivity index (χ2v) is 7.20. The first-order valence-electron chi connectivity index (χ1n) is 9.07. The van der Waals surface area contributed by atoms with Crippen molar-refractivity contribution < 1.29 is 0 Å². The van der Waals surface area contributed by atoms with E-state index in [4.69, 9.17) is 0 Å². The number of nitrogens with zero attached hydrogens (tertiary/aromatic N) is 5. The van der Waals surface area contributed by atoms with E-state index in [0.717, 1.165) is 22.8 Å². The molecule has 3 N–H and O–H groups in total. The van der Waals surface area contributed by atoms with Gasteiger partial charge in [0.25, 0.3) is 0 Å². The number of H-pyrrole nitrogens is 1. The van der Waals surface area contributed by atoms with Gasteiger partial charge >= 0.3 is 0 Å². The van der Waals surface area contributed by atoms with Crippen LogP contribution < -0.4 is 10.6 Å². The van der Waals surface area contributed by atoms with Crippen LogP contribution in [0.3, 0.4) is 0 Å². The van der Waals surface area contributed by atoms with Gasteiger partial charge in [0, 0.05) is 12.2 Å². The van der Waals surface area contributed by atoms with Gasteiger partial charge in [-0.2, -0.15) is 9.97 Å². The first kappa shape index (κ1) is 14.7. The smallest absolute Gasteiger partial charge is 0.232 e. The maximum Gasteiger partial charge on any atom is 0.232 e. The number of anilines is 3. The Morgan fingerprint density at radius 3 is 2.88 bits per heavy atom. The van der Waals surface area contributed by atoms with Crippen LogP contribution in [0.25, 0.3) is 11.0 Å². The quantitative estimate of drug-likeness (QED) is 0.638. The zero-order valence-corrected chi connectivity index (χ0v) is 14.2. The van der Waals surface area contributed by atoms with Gasteiger partial charge in [0.1, 0.15) is 11.5 Å². The molecule has 0 spiro atoms. The minimum Gasteiger partial charge on any atom is -0.367 e. The summed E-state index contributed by atoms with van der Waals surface area (Å²) in [7, 11) is 0. The molecule has 0 bridgehead atoms. The van der Waals surface area contributed by atoms with E-state index in [2.05, 4.69) is 42.8 Å². The van der Waals surface area contributed by atoms with E-state index in [1.165, 1.54) is 32.1 Å². The van der Waals surface area contributed by atoms with Crippen molar-refractivity contribution >= 4 is 28.6 Å². The van der Waals surface area contributed by atoms with Gasteiger partial charge in [0.2, 0.25) is 5.95 Å². The highest BCUT2D eigenvalue weighted by molar-refractivity contribution is 5.88. The Morgan fingerprint density at radius 1 is 1.24 bits per heavy atom. The van der Waals surface area contributed by atoms with Gasteiger partial charge in [-0.3, -0.25) is 0 Å². The topological polar surface area (TPSA) is 96.3 Å². The standard InChI is InChI=1S/C17H22N8/c1-10(11-5-6-11)19-16-13-7-8-18-15(13)21-17(22-16)20-14-9-25(24-23-14)12-3-2-4-12/h7-12H,2-6H2,1H3,(H3,18,19,20,21,22)/t10-/m0/s1. The van der Waals surface area contributed by atoms with Gasteiger partial charge in [-0.05, 0) is 51.0 Å². The molecule has 2 aliphatic carbocycles. The van der Waals surface area contributed by atoms with Crippen molar-refractivity contribution in [1.82, 2.24) is 29.9 Å². The summed E-state index contributed by atoms with van der Waals surface area (Å²) in [5.74, 6) is 2.82. The van der Waals surface area contributed by atoms with Crippen molar-refractivity contribution in [2.24, 2.45) is 5.92 Å². The molecular weight excluding hydrogens is 316 g/mol. The second-order valence-electron chi connectivity index (χ2n) is 7.20. The minimum atomic E-state index is 0.417. The normalized spacial score (nSPS) is 18.9. The molecule has 0 aromatic carbocycles. The van der Waals surface area contributed by atoms with Crippen molar-refractivity contribution in [3.8, 4) is 0 Å². The molecule has 8 heteroatoms. The van der Waals surface area contributed by atoms with Gasteiger partial charge in [-0.25, -0.2) is 4.68 Å². The molecule has 0 radical (unpaired) electrons. The predicted octanol–water partition coefficient (Wildman–Crippen LogP) is 3.23. The largest absolute Gasteiger partial charge is 0.367 e. The van der Waals surface area contributed by atoms with Crippen LogP contribution in [0.1, 0.15) is 45.1 Å². The van der Waals surface area contributed by atoms with E-state index in [1.54, 1.807) is 0 Å². The molecule has 25 heavy (non-hydrogen) atoms. The summed E-state index contributed by atoms with van der Waals surface area (Å²) in [6, 6.07) is 2.92. The van der Waals surface area contributed by atoms with Crippen molar-refractivity contribution in [1.29, 1.82) is 0 Å². The maximum atomic E-state index is 4.68. The molecule has 0 unspecified atom stereocenters. The lowest BCUT2D eigenvalue weighted by Crippen LogP contribution is -2.18. The monoisotopic (exact) mass is 338 g/mol. The maximum absolute atomic E-state index is 4.68. The molecule has 2 aliphatic rings. The Hall–Kier alpha value is -2.64. The summed E-state index contributed by atoms with van der Waals surface area (Å²) < 4.78 is 1.94. The third-order valence-electron chi connectivity index (χ3n) is 5.31. The third kappa shape index (κ3) is 2.81. The highest BCUT2D eigenvalue weighted by Crippen LogP contribution is 2.35. The van der Waals surface area contributed by atoms with E-state index in [-0.39, 0.29) is 0 Å². The first-order chi connectivity index (χ1) is 12.3. The van der Waals surface area contributed by atoms with Crippen LogP contribution in [0.4, 0.5) is 17.6 Å². The number of fused-ring (bicyclic) bond motifs is 1. The summed E-state index contributed by atoms with van der Waals surface area (Å²) in [6.45, 7) is 2.22. The van der Waals surface area contributed by atoms with E-state index < -0.39 is 0 Å². The molecule has 1 atom stereocenters. The molecule has 5 rings (SSSR count). The summed E-state index contributed by atoms with van der Waals surface area (Å²) in [4.78, 5) is 12.4. The SMILES string of the molecule is C[C@H](Nc1nc(Nc2cn(C3CCC3)nn2)nc2[nH]ccc12)C1CC1. The molecule has 0 aliphatic heterocycles. The molecule has 2 fully saturated rings. The number of aromatic nitrogens is 6. The number of hydrogen-bond acceptors (Lipinski definition) is 6. The Balaban J connectivity index is 1.41. The number of aromatic amines is 1. The molecule has 2 saturated carbocycles. The number of nitrogens with one attached hydrogen (secondary N) is 3. The van der Waals surface area contributed by atoms with Crippen LogP contribution in [0.2, 0.25) is 0 Å². The fourth-order valence-corrected chi connectivity index (χ4v) is 3.32. The molecule has 3 aromatic heterocycles. The van der Waals surface area contributed by atoms with Crippen molar-refractivity contribution in [3.05, 3.63) is 18.5 Å². The van der Waals surface area contributed by atoms with Crippen LogP contribution in [-0.2, 0) is 0 Å².